The number of halogens is 1. The van der Waals surface area contributed by atoms with Gasteiger partial charge >= 0.3 is 0 Å². The number of hydrogen-bond acceptors (Lipinski definition) is 2. The average molecular weight is 329 g/mol. The van der Waals surface area contributed by atoms with E-state index in [1.165, 1.54) is 11.1 Å². The van der Waals surface area contributed by atoms with Gasteiger partial charge in [0.05, 0.1) is 32.4 Å². The van der Waals surface area contributed by atoms with Crippen molar-refractivity contribution in [3.05, 3.63) is 70.2 Å². The molecule has 1 aliphatic heterocycles. The Bertz CT molecular complexity index is 659. The molecule has 2 aromatic rings. The number of benzene rings is 2. The van der Waals surface area contributed by atoms with Gasteiger partial charge in [-0.15, -0.1) is 0 Å². The molecule has 0 spiro atoms. The molecule has 23 heavy (non-hydrogen) atoms. The highest BCUT2D eigenvalue weighted by Gasteiger charge is 2.19. The minimum absolute atomic E-state index is 0.875. The van der Waals surface area contributed by atoms with E-state index < -0.39 is 0 Å². The molecule has 0 amide bonds. The quantitative estimate of drug-likeness (QED) is 0.854. The van der Waals surface area contributed by atoms with Gasteiger partial charge in [-0.3, -0.25) is 5.01 Å². The van der Waals surface area contributed by atoms with Gasteiger partial charge in [-0.25, -0.2) is 0 Å². The van der Waals surface area contributed by atoms with Crippen molar-refractivity contribution in [2.24, 2.45) is 5.10 Å². The van der Waals surface area contributed by atoms with Gasteiger partial charge in [0.1, 0.15) is 6.54 Å². The molecular formula is C19H23ClN3+. The van der Waals surface area contributed by atoms with Crippen LogP contribution in [0.2, 0.25) is 5.02 Å². The molecule has 1 N–H and O–H groups in total. The Morgan fingerprint density at radius 2 is 1.78 bits per heavy atom. The molecule has 0 radical (unpaired) electrons. The Morgan fingerprint density at radius 3 is 2.48 bits per heavy atom. The van der Waals surface area contributed by atoms with Crippen molar-refractivity contribution in [1.29, 1.82) is 0 Å². The second-order valence-corrected chi connectivity index (χ2v) is 6.53. The summed E-state index contributed by atoms with van der Waals surface area (Å²) >= 11 is 6.25. The van der Waals surface area contributed by atoms with Crippen molar-refractivity contribution in [2.45, 2.75) is 13.5 Å². The van der Waals surface area contributed by atoms with Crippen LogP contribution in [-0.2, 0) is 6.54 Å². The van der Waals surface area contributed by atoms with E-state index in [0.29, 0.717) is 0 Å². The van der Waals surface area contributed by atoms with E-state index in [-0.39, 0.29) is 0 Å². The van der Waals surface area contributed by atoms with Crippen LogP contribution in [0.3, 0.4) is 0 Å². The van der Waals surface area contributed by atoms with Gasteiger partial charge in [0.15, 0.2) is 0 Å². The van der Waals surface area contributed by atoms with E-state index in [1.807, 2.05) is 18.3 Å². The Hall–Kier alpha value is -1.84. The first-order valence-corrected chi connectivity index (χ1v) is 8.51. The van der Waals surface area contributed by atoms with Crippen LogP contribution in [0.4, 0.5) is 0 Å². The van der Waals surface area contributed by atoms with Gasteiger partial charge in [0, 0.05) is 10.6 Å². The summed E-state index contributed by atoms with van der Waals surface area (Å²) in [5.41, 5.74) is 3.67. The van der Waals surface area contributed by atoms with Crippen LogP contribution in [0.15, 0.2) is 53.6 Å². The fourth-order valence-corrected chi connectivity index (χ4v) is 3.02. The molecule has 3 nitrogen and oxygen atoms in total. The van der Waals surface area contributed by atoms with E-state index in [2.05, 4.69) is 53.4 Å². The fraction of sp³-hybridized carbons (Fsp3) is 0.316. The third kappa shape index (κ3) is 4.57. The van der Waals surface area contributed by atoms with Crippen molar-refractivity contribution in [2.75, 3.05) is 26.2 Å². The van der Waals surface area contributed by atoms with Crippen molar-refractivity contribution >= 4 is 17.8 Å². The smallest absolute Gasteiger partial charge is 0.104 e. The van der Waals surface area contributed by atoms with Crippen molar-refractivity contribution in [3.63, 3.8) is 0 Å². The first kappa shape index (κ1) is 16.0. The first-order chi connectivity index (χ1) is 11.2. The average Bonchev–Trinajstić information content (AvgIpc) is 2.58. The number of hydrazone groups is 1. The number of nitrogens with zero attached hydrogens (tertiary/aromatic N) is 2. The molecule has 0 atom stereocenters. The number of nitrogens with one attached hydrogen (secondary N) is 1. The normalized spacial score (nSPS) is 16.2. The lowest BCUT2D eigenvalue weighted by Gasteiger charge is -2.30. The molecule has 0 unspecified atom stereocenters. The van der Waals surface area contributed by atoms with Crippen molar-refractivity contribution in [3.8, 4) is 0 Å². The molecule has 0 aliphatic carbocycles. The number of quaternary nitrogens is 1. The van der Waals surface area contributed by atoms with Crippen LogP contribution in [0.1, 0.15) is 16.7 Å². The number of hydrogen-bond donors (Lipinski definition) is 1. The van der Waals surface area contributed by atoms with E-state index in [0.717, 1.165) is 43.3 Å². The lowest BCUT2D eigenvalue weighted by atomic mass is 10.2. The Morgan fingerprint density at radius 1 is 1.09 bits per heavy atom. The van der Waals surface area contributed by atoms with Gasteiger partial charge in [0.2, 0.25) is 0 Å². The Balaban J connectivity index is 1.50. The molecule has 1 saturated heterocycles. The lowest BCUT2D eigenvalue weighted by molar-refractivity contribution is -0.918. The maximum atomic E-state index is 6.25. The molecule has 3 rings (SSSR count). The zero-order valence-corrected chi connectivity index (χ0v) is 14.3. The summed E-state index contributed by atoms with van der Waals surface area (Å²) in [4.78, 5) is 1.57. The zero-order chi connectivity index (χ0) is 16.1. The summed E-state index contributed by atoms with van der Waals surface area (Å²) < 4.78 is 0. The molecule has 2 aromatic carbocycles. The van der Waals surface area contributed by atoms with Crippen LogP contribution in [0.25, 0.3) is 0 Å². The Labute approximate surface area is 143 Å². The highest BCUT2D eigenvalue weighted by atomic mass is 35.5. The van der Waals surface area contributed by atoms with Gasteiger partial charge in [-0.05, 0) is 18.6 Å². The van der Waals surface area contributed by atoms with E-state index in [4.69, 9.17) is 11.6 Å². The summed E-state index contributed by atoms with van der Waals surface area (Å²) in [7, 11) is 0. The molecule has 0 bridgehead atoms. The van der Waals surface area contributed by atoms with Gasteiger partial charge in [-0.2, -0.15) is 5.10 Å². The predicted octanol–water partition coefficient (Wildman–Crippen LogP) is 2.38. The molecule has 1 fully saturated rings. The monoisotopic (exact) mass is 328 g/mol. The minimum Gasteiger partial charge on any atom is -0.328 e. The second-order valence-electron chi connectivity index (χ2n) is 6.13. The SMILES string of the molecule is Cc1ccc(C=NN2CC[NH+](Cc3ccccc3Cl)CC2)cc1. The summed E-state index contributed by atoms with van der Waals surface area (Å²) in [5.74, 6) is 0. The maximum absolute atomic E-state index is 6.25. The second kappa shape index (κ2) is 7.62. The largest absolute Gasteiger partial charge is 0.328 e. The molecule has 0 saturated carbocycles. The molecule has 0 aromatic heterocycles. The summed E-state index contributed by atoms with van der Waals surface area (Å²) in [6, 6.07) is 16.6. The molecule has 4 heteroatoms. The predicted molar refractivity (Wildman–Crippen MR) is 96.2 cm³/mol. The minimum atomic E-state index is 0.875. The fourth-order valence-electron chi connectivity index (χ4n) is 2.82. The van der Waals surface area contributed by atoms with Crippen LogP contribution >= 0.6 is 11.6 Å². The van der Waals surface area contributed by atoms with E-state index in [1.54, 1.807) is 4.90 Å². The number of rotatable bonds is 4. The summed E-state index contributed by atoms with van der Waals surface area (Å²) in [5, 5.41) is 7.65. The topological polar surface area (TPSA) is 20.0 Å². The first-order valence-electron chi connectivity index (χ1n) is 8.13. The van der Waals surface area contributed by atoms with Crippen LogP contribution < -0.4 is 4.90 Å². The van der Waals surface area contributed by atoms with Gasteiger partial charge < -0.3 is 4.90 Å². The highest BCUT2D eigenvalue weighted by Crippen LogP contribution is 2.13. The lowest BCUT2D eigenvalue weighted by Crippen LogP contribution is -3.13. The Kier molecular flexibility index (Phi) is 5.31. The number of aryl methyl sites for hydroxylation is 1. The summed E-state index contributed by atoms with van der Waals surface area (Å²) in [6.45, 7) is 7.26. The zero-order valence-electron chi connectivity index (χ0n) is 13.5. The van der Waals surface area contributed by atoms with Crippen molar-refractivity contribution < 1.29 is 4.90 Å². The third-order valence-corrected chi connectivity index (χ3v) is 4.66. The van der Waals surface area contributed by atoms with E-state index >= 15 is 0 Å². The standard InChI is InChI=1S/C19H22ClN3/c1-16-6-8-17(9-7-16)14-21-23-12-10-22(11-13-23)15-18-4-2-3-5-19(18)20/h2-9,14H,10-13,15H2,1H3/p+1. The van der Waals surface area contributed by atoms with E-state index in [9.17, 15) is 0 Å². The molecule has 1 heterocycles. The van der Waals surface area contributed by atoms with Crippen LogP contribution in [0.5, 0.6) is 0 Å². The number of piperazine rings is 1. The third-order valence-electron chi connectivity index (χ3n) is 4.29. The van der Waals surface area contributed by atoms with Gasteiger partial charge in [0.25, 0.3) is 0 Å². The molecule has 1 aliphatic rings. The maximum Gasteiger partial charge on any atom is 0.104 e. The molecule has 120 valence electrons. The van der Waals surface area contributed by atoms with Crippen LogP contribution in [0, 0.1) is 6.92 Å². The van der Waals surface area contributed by atoms with Gasteiger partial charge in [-0.1, -0.05) is 59.6 Å². The van der Waals surface area contributed by atoms with Crippen LogP contribution in [-0.4, -0.2) is 37.4 Å². The van der Waals surface area contributed by atoms with Crippen molar-refractivity contribution in [1.82, 2.24) is 5.01 Å². The summed E-state index contributed by atoms with van der Waals surface area (Å²) in [6.07, 6.45) is 1.96. The highest BCUT2D eigenvalue weighted by molar-refractivity contribution is 6.31. The molecular weight excluding hydrogens is 306 g/mol.